The Bertz CT molecular complexity index is 445. The molecule has 0 aromatic carbocycles. The summed E-state index contributed by atoms with van der Waals surface area (Å²) in [5.74, 6) is 2.29. The van der Waals surface area contributed by atoms with Crippen molar-refractivity contribution in [1.82, 2.24) is 15.0 Å². The van der Waals surface area contributed by atoms with E-state index in [0.717, 1.165) is 12.2 Å². The smallest absolute Gasteiger partial charge is 0.323 e. The summed E-state index contributed by atoms with van der Waals surface area (Å²) in [6.45, 7) is 4.88. The Morgan fingerprint density at radius 1 is 1.19 bits per heavy atom. The van der Waals surface area contributed by atoms with Gasteiger partial charge in [0, 0.05) is 18.3 Å². The highest BCUT2D eigenvalue weighted by molar-refractivity contribution is 7.99. The lowest BCUT2D eigenvalue weighted by atomic mass is 10.2. The van der Waals surface area contributed by atoms with Crippen molar-refractivity contribution in [2.24, 2.45) is 0 Å². The first kappa shape index (κ1) is 16.1. The molecule has 7 heteroatoms. The third-order valence-electron chi connectivity index (χ3n) is 3.42. The number of rotatable bonds is 8. The van der Waals surface area contributed by atoms with Crippen molar-refractivity contribution in [2.75, 3.05) is 30.0 Å². The Kier molecular flexibility index (Phi) is 6.35. The van der Waals surface area contributed by atoms with E-state index in [2.05, 4.69) is 39.4 Å². The zero-order valence-corrected chi connectivity index (χ0v) is 13.9. The number of nitrogens with zero attached hydrogens (tertiary/aromatic N) is 3. The van der Waals surface area contributed by atoms with Crippen LogP contribution >= 0.6 is 11.8 Å². The van der Waals surface area contributed by atoms with Gasteiger partial charge in [0.05, 0.1) is 6.61 Å². The number of anilines is 2. The van der Waals surface area contributed by atoms with Gasteiger partial charge < -0.3 is 15.4 Å². The molecule has 1 saturated carbocycles. The highest BCUT2D eigenvalue weighted by atomic mass is 32.2. The van der Waals surface area contributed by atoms with Crippen LogP contribution in [0, 0.1) is 0 Å². The highest BCUT2D eigenvalue weighted by Gasteiger charge is 2.28. The molecule has 0 saturated heterocycles. The van der Waals surface area contributed by atoms with E-state index in [4.69, 9.17) is 4.74 Å². The molecule has 1 aliphatic carbocycles. The minimum absolute atomic E-state index is 0.386. The zero-order chi connectivity index (χ0) is 15.1. The normalized spacial score (nSPS) is 21.3. The minimum atomic E-state index is 0.386. The van der Waals surface area contributed by atoms with Crippen molar-refractivity contribution in [1.29, 1.82) is 0 Å². The van der Waals surface area contributed by atoms with E-state index >= 15 is 0 Å². The fourth-order valence-electron chi connectivity index (χ4n) is 2.46. The largest absolute Gasteiger partial charge is 0.463 e. The van der Waals surface area contributed by atoms with Crippen LogP contribution in [0.15, 0.2) is 0 Å². The second-order valence-corrected chi connectivity index (χ2v) is 6.56. The van der Waals surface area contributed by atoms with Crippen LogP contribution in [-0.2, 0) is 0 Å². The first-order chi connectivity index (χ1) is 10.3. The molecule has 2 N–H and O–H groups in total. The van der Waals surface area contributed by atoms with Gasteiger partial charge in [-0.25, -0.2) is 0 Å². The topological polar surface area (TPSA) is 72.0 Å². The van der Waals surface area contributed by atoms with Crippen molar-refractivity contribution in [3.63, 3.8) is 0 Å². The van der Waals surface area contributed by atoms with Gasteiger partial charge in [0.2, 0.25) is 11.9 Å². The Hall–Kier alpha value is -1.24. The molecule has 0 spiro atoms. The monoisotopic (exact) mass is 311 g/mol. The summed E-state index contributed by atoms with van der Waals surface area (Å²) < 4.78 is 5.53. The van der Waals surface area contributed by atoms with E-state index < -0.39 is 0 Å². The van der Waals surface area contributed by atoms with Crippen LogP contribution in [0.1, 0.15) is 39.5 Å². The first-order valence-corrected chi connectivity index (χ1v) is 8.76. The summed E-state index contributed by atoms with van der Waals surface area (Å²) in [5, 5.41) is 7.07. The van der Waals surface area contributed by atoms with Crippen molar-refractivity contribution in [3.8, 4) is 6.01 Å². The lowest BCUT2D eigenvalue weighted by Crippen LogP contribution is -2.27. The highest BCUT2D eigenvalue weighted by Crippen LogP contribution is 2.31. The fourth-order valence-corrected chi connectivity index (χ4v) is 3.66. The Morgan fingerprint density at radius 3 is 2.71 bits per heavy atom. The van der Waals surface area contributed by atoms with Crippen molar-refractivity contribution < 1.29 is 4.74 Å². The van der Waals surface area contributed by atoms with Crippen LogP contribution in [0.2, 0.25) is 0 Å². The standard InChI is InChI=1S/C14H25N5OS/c1-4-9-20-14-18-12(15-3)17-13(19-14)16-10-7-6-8-11(10)21-5-2/h10-11H,4-9H2,1-3H3,(H2,15,16,17,18,19). The van der Waals surface area contributed by atoms with Gasteiger partial charge in [-0.1, -0.05) is 20.3 Å². The average Bonchev–Trinajstić information content (AvgIpc) is 2.92. The van der Waals surface area contributed by atoms with Gasteiger partial charge in [0.15, 0.2) is 0 Å². The number of nitrogens with one attached hydrogen (secondary N) is 2. The molecule has 0 bridgehead atoms. The summed E-state index contributed by atoms with van der Waals surface area (Å²) in [4.78, 5) is 13.0. The van der Waals surface area contributed by atoms with Crippen LogP contribution in [0.3, 0.4) is 0 Å². The first-order valence-electron chi connectivity index (χ1n) is 7.71. The van der Waals surface area contributed by atoms with Gasteiger partial charge in [0.25, 0.3) is 0 Å². The average molecular weight is 311 g/mol. The number of aromatic nitrogens is 3. The Labute approximate surface area is 130 Å². The molecule has 2 rings (SSSR count). The molecule has 1 aromatic rings. The summed E-state index contributed by atoms with van der Waals surface area (Å²) in [7, 11) is 1.80. The summed E-state index contributed by atoms with van der Waals surface area (Å²) in [5.41, 5.74) is 0. The molecule has 2 unspecified atom stereocenters. The van der Waals surface area contributed by atoms with Crippen LogP contribution < -0.4 is 15.4 Å². The van der Waals surface area contributed by atoms with E-state index in [1.807, 2.05) is 11.8 Å². The van der Waals surface area contributed by atoms with Crippen molar-refractivity contribution >= 4 is 23.7 Å². The van der Waals surface area contributed by atoms with Gasteiger partial charge in [-0.05, 0) is 25.0 Å². The van der Waals surface area contributed by atoms with Gasteiger partial charge in [0.1, 0.15) is 0 Å². The molecule has 0 aliphatic heterocycles. The van der Waals surface area contributed by atoms with Crippen molar-refractivity contribution in [3.05, 3.63) is 0 Å². The molecular weight excluding hydrogens is 286 g/mol. The van der Waals surface area contributed by atoms with Gasteiger partial charge in [-0.15, -0.1) is 0 Å². The zero-order valence-electron chi connectivity index (χ0n) is 13.1. The predicted octanol–water partition coefficient (Wildman–Crippen LogP) is 2.79. The summed E-state index contributed by atoms with van der Waals surface area (Å²) in [6.07, 6.45) is 4.63. The lowest BCUT2D eigenvalue weighted by Gasteiger charge is -2.20. The molecule has 1 fully saturated rings. The maximum absolute atomic E-state index is 5.53. The number of hydrogen-bond acceptors (Lipinski definition) is 7. The van der Waals surface area contributed by atoms with E-state index in [9.17, 15) is 0 Å². The molecule has 0 amide bonds. The molecule has 6 nitrogen and oxygen atoms in total. The van der Waals surface area contributed by atoms with Crippen molar-refractivity contribution in [2.45, 2.75) is 50.8 Å². The van der Waals surface area contributed by atoms with Crippen LogP contribution in [0.5, 0.6) is 6.01 Å². The maximum Gasteiger partial charge on any atom is 0.323 e. The molecule has 1 heterocycles. The second kappa shape index (κ2) is 8.26. The van der Waals surface area contributed by atoms with E-state index in [-0.39, 0.29) is 0 Å². The van der Waals surface area contributed by atoms with E-state index in [1.54, 1.807) is 7.05 Å². The minimum Gasteiger partial charge on any atom is -0.463 e. The number of thioether (sulfide) groups is 1. The third-order valence-corrected chi connectivity index (χ3v) is 4.75. The van der Waals surface area contributed by atoms with Crippen LogP contribution in [0.4, 0.5) is 11.9 Å². The third kappa shape index (κ3) is 4.62. The van der Waals surface area contributed by atoms with Gasteiger partial charge in [-0.3, -0.25) is 0 Å². The van der Waals surface area contributed by atoms with E-state index in [0.29, 0.717) is 35.8 Å². The second-order valence-electron chi connectivity index (χ2n) is 5.04. The molecule has 0 radical (unpaired) electrons. The molecule has 118 valence electrons. The molecule has 21 heavy (non-hydrogen) atoms. The Morgan fingerprint density at radius 2 is 2.00 bits per heavy atom. The molecular formula is C14H25N5OS. The van der Waals surface area contributed by atoms with Gasteiger partial charge >= 0.3 is 6.01 Å². The molecule has 2 atom stereocenters. The van der Waals surface area contributed by atoms with Crippen LogP contribution in [0.25, 0.3) is 0 Å². The quantitative estimate of drug-likeness (QED) is 0.765. The molecule has 1 aliphatic rings. The predicted molar refractivity (Wildman–Crippen MR) is 88.3 cm³/mol. The lowest BCUT2D eigenvalue weighted by molar-refractivity contribution is 0.292. The Balaban J connectivity index is 2.07. The number of hydrogen-bond donors (Lipinski definition) is 2. The van der Waals surface area contributed by atoms with E-state index in [1.165, 1.54) is 19.3 Å². The summed E-state index contributed by atoms with van der Waals surface area (Å²) >= 11 is 2.01. The molecule has 1 aromatic heterocycles. The summed E-state index contributed by atoms with van der Waals surface area (Å²) in [6, 6.07) is 0.817. The van der Waals surface area contributed by atoms with Crippen LogP contribution in [-0.4, -0.2) is 45.7 Å². The SMILES string of the molecule is CCCOc1nc(NC)nc(NC2CCCC2SCC)n1. The fraction of sp³-hybridized carbons (Fsp3) is 0.786. The maximum atomic E-state index is 5.53. The number of ether oxygens (including phenoxy) is 1. The van der Waals surface area contributed by atoms with Gasteiger partial charge in [-0.2, -0.15) is 26.7 Å².